The summed E-state index contributed by atoms with van der Waals surface area (Å²) >= 11 is 0. The predicted octanol–water partition coefficient (Wildman–Crippen LogP) is 1.45. The molecular formula is C18H28N4O3. The molecule has 0 aromatic carbocycles. The maximum atomic E-state index is 12.5. The average Bonchev–Trinajstić information content (AvgIpc) is 3.25. The van der Waals surface area contributed by atoms with Gasteiger partial charge in [-0.25, -0.2) is 0 Å². The quantitative estimate of drug-likeness (QED) is 0.775. The summed E-state index contributed by atoms with van der Waals surface area (Å²) in [7, 11) is 0. The van der Waals surface area contributed by atoms with Crippen LogP contribution in [0.3, 0.4) is 0 Å². The van der Waals surface area contributed by atoms with Gasteiger partial charge in [0.1, 0.15) is 0 Å². The Morgan fingerprint density at radius 2 is 2.04 bits per heavy atom. The minimum atomic E-state index is 0.254. The number of ether oxygens (including phenoxy) is 1. The summed E-state index contributed by atoms with van der Waals surface area (Å²) in [5, 5.41) is 4.03. The van der Waals surface area contributed by atoms with Gasteiger partial charge >= 0.3 is 0 Å². The molecule has 0 spiro atoms. The maximum Gasteiger partial charge on any atom is 0.226 e. The third kappa shape index (κ3) is 4.03. The molecule has 2 atom stereocenters. The van der Waals surface area contributed by atoms with E-state index in [0.717, 1.165) is 51.6 Å². The second-order valence-electron chi connectivity index (χ2n) is 7.67. The molecule has 2 saturated heterocycles. The van der Waals surface area contributed by atoms with Crippen molar-refractivity contribution in [1.29, 1.82) is 0 Å². The third-order valence-corrected chi connectivity index (χ3v) is 5.65. The molecule has 3 heterocycles. The highest BCUT2D eigenvalue weighted by atomic mass is 16.5. The van der Waals surface area contributed by atoms with Crippen LogP contribution in [0.1, 0.15) is 50.2 Å². The zero-order valence-electron chi connectivity index (χ0n) is 15.0. The van der Waals surface area contributed by atoms with Gasteiger partial charge in [0, 0.05) is 51.0 Å². The Morgan fingerprint density at radius 3 is 2.80 bits per heavy atom. The van der Waals surface area contributed by atoms with Crippen LogP contribution in [0.5, 0.6) is 0 Å². The minimum absolute atomic E-state index is 0.254. The highest BCUT2D eigenvalue weighted by molar-refractivity contribution is 5.76. The van der Waals surface area contributed by atoms with Crippen LogP contribution in [-0.2, 0) is 16.0 Å². The van der Waals surface area contributed by atoms with Crippen LogP contribution in [0.25, 0.3) is 0 Å². The molecule has 138 valence electrons. The predicted molar refractivity (Wildman–Crippen MR) is 91.1 cm³/mol. The van der Waals surface area contributed by atoms with Crippen molar-refractivity contribution in [2.75, 3.05) is 39.4 Å². The summed E-state index contributed by atoms with van der Waals surface area (Å²) in [6.07, 6.45) is 4.38. The number of amides is 1. The Bertz CT molecular complexity index is 595. The van der Waals surface area contributed by atoms with Gasteiger partial charge < -0.3 is 14.2 Å². The normalized spacial score (nSPS) is 27.8. The van der Waals surface area contributed by atoms with Gasteiger partial charge in [-0.1, -0.05) is 12.1 Å². The molecule has 1 aromatic rings. The molecule has 7 heteroatoms. The number of carbonyl (C=O) groups is 1. The Hall–Kier alpha value is -1.47. The molecule has 3 fully saturated rings. The molecule has 7 nitrogen and oxygen atoms in total. The number of carbonyl (C=O) groups excluding carboxylic acids is 1. The van der Waals surface area contributed by atoms with Crippen molar-refractivity contribution in [3.8, 4) is 0 Å². The molecule has 0 N–H and O–H groups in total. The van der Waals surface area contributed by atoms with E-state index in [1.54, 1.807) is 0 Å². The summed E-state index contributed by atoms with van der Waals surface area (Å²) in [6, 6.07) is 0.477. The summed E-state index contributed by atoms with van der Waals surface area (Å²) in [6.45, 7) is 7.56. The van der Waals surface area contributed by atoms with Crippen LogP contribution in [0.2, 0.25) is 0 Å². The molecule has 1 saturated carbocycles. The van der Waals surface area contributed by atoms with Gasteiger partial charge in [0.15, 0.2) is 5.82 Å². The van der Waals surface area contributed by atoms with Gasteiger partial charge in [-0.15, -0.1) is 0 Å². The average molecular weight is 348 g/mol. The van der Waals surface area contributed by atoms with Crippen molar-refractivity contribution < 1.29 is 14.1 Å². The first kappa shape index (κ1) is 17.0. The zero-order valence-corrected chi connectivity index (χ0v) is 15.0. The van der Waals surface area contributed by atoms with E-state index in [1.165, 1.54) is 12.8 Å². The van der Waals surface area contributed by atoms with E-state index in [2.05, 4.69) is 22.0 Å². The van der Waals surface area contributed by atoms with Crippen LogP contribution in [0.15, 0.2) is 4.52 Å². The molecule has 4 rings (SSSR count). The smallest absolute Gasteiger partial charge is 0.226 e. The maximum absolute atomic E-state index is 12.5. The van der Waals surface area contributed by atoms with Gasteiger partial charge in [-0.05, 0) is 25.2 Å². The lowest BCUT2D eigenvalue weighted by Crippen LogP contribution is -2.47. The molecule has 25 heavy (non-hydrogen) atoms. The van der Waals surface area contributed by atoms with Crippen molar-refractivity contribution in [2.24, 2.45) is 5.92 Å². The molecule has 1 aromatic heterocycles. The lowest BCUT2D eigenvalue weighted by Gasteiger charge is -2.34. The van der Waals surface area contributed by atoms with E-state index in [1.807, 2.05) is 4.90 Å². The van der Waals surface area contributed by atoms with E-state index in [-0.39, 0.29) is 5.91 Å². The summed E-state index contributed by atoms with van der Waals surface area (Å²) in [4.78, 5) is 21.5. The Labute approximate surface area is 148 Å². The summed E-state index contributed by atoms with van der Waals surface area (Å²) in [5.74, 6) is 2.82. The van der Waals surface area contributed by atoms with Crippen molar-refractivity contribution >= 4 is 5.91 Å². The summed E-state index contributed by atoms with van der Waals surface area (Å²) in [5.41, 5.74) is 0. The van der Waals surface area contributed by atoms with Crippen molar-refractivity contribution in [3.05, 3.63) is 11.7 Å². The van der Waals surface area contributed by atoms with E-state index < -0.39 is 0 Å². The van der Waals surface area contributed by atoms with Crippen molar-refractivity contribution in [3.63, 3.8) is 0 Å². The molecule has 0 bridgehead atoms. The number of morpholine rings is 1. The lowest BCUT2D eigenvalue weighted by molar-refractivity contribution is -0.130. The minimum Gasteiger partial charge on any atom is -0.379 e. The number of rotatable bonds is 6. The number of aryl methyl sites for hydroxylation is 1. The van der Waals surface area contributed by atoms with Crippen LogP contribution in [-0.4, -0.2) is 71.3 Å². The number of hydrogen-bond acceptors (Lipinski definition) is 6. The Morgan fingerprint density at radius 1 is 1.24 bits per heavy atom. The molecule has 0 radical (unpaired) electrons. The molecular weight excluding hydrogens is 320 g/mol. The van der Waals surface area contributed by atoms with Crippen LogP contribution in [0.4, 0.5) is 0 Å². The second-order valence-corrected chi connectivity index (χ2v) is 7.67. The Kier molecular flexibility index (Phi) is 5.03. The number of aromatic nitrogens is 2. The highest BCUT2D eigenvalue weighted by Gasteiger charge is 2.36. The molecule has 1 amide bonds. The lowest BCUT2D eigenvalue weighted by atomic mass is 10.0. The van der Waals surface area contributed by atoms with Crippen molar-refractivity contribution in [2.45, 2.75) is 51.0 Å². The van der Waals surface area contributed by atoms with E-state index in [9.17, 15) is 4.79 Å². The molecule has 3 aliphatic rings. The van der Waals surface area contributed by atoms with Gasteiger partial charge in [0.2, 0.25) is 11.8 Å². The SMILES string of the molecule is C[C@H]1CN(C(=O)CCCc2nc(C3CC3)no2)C[C@H]1N1CCOCC1. The zero-order chi connectivity index (χ0) is 17.2. The third-order valence-electron chi connectivity index (χ3n) is 5.65. The molecule has 2 aliphatic heterocycles. The fourth-order valence-electron chi connectivity index (χ4n) is 3.96. The standard InChI is InChI=1S/C18H28N4O3/c1-13-11-22(12-15(13)21-7-9-24-10-8-21)17(23)4-2-3-16-19-18(20-25-16)14-5-6-14/h13-15H,2-12H2,1H3/t13-,15+/m0/s1. The number of nitrogens with zero attached hydrogens (tertiary/aromatic N) is 4. The highest BCUT2D eigenvalue weighted by Crippen LogP contribution is 2.38. The van der Waals surface area contributed by atoms with Gasteiger partial charge in [-0.3, -0.25) is 9.69 Å². The van der Waals surface area contributed by atoms with Gasteiger partial charge in [-0.2, -0.15) is 4.98 Å². The first-order valence-corrected chi connectivity index (χ1v) is 9.63. The van der Waals surface area contributed by atoms with Crippen LogP contribution >= 0.6 is 0 Å². The van der Waals surface area contributed by atoms with Crippen LogP contribution < -0.4 is 0 Å². The van der Waals surface area contributed by atoms with E-state index in [0.29, 0.717) is 36.6 Å². The summed E-state index contributed by atoms with van der Waals surface area (Å²) < 4.78 is 10.7. The first-order chi connectivity index (χ1) is 12.2. The first-order valence-electron chi connectivity index (χ1n) is 9.63. The second kappa shape index (κ2) is 7.41. The molecule has 1 aliphatic carbocycles. The fourth-order valence-corrected chi connectivity index (χ4v) is 3.96. The fraction of sp³-hybridized carbons (Fsp3) is 0.833. The van der Waals surface area contributed by atoms with Gasteiger partial charge in [0.25, 0.3) is 0 Å². The Balaban J connectivity index is 1.22. The topological polar surface area (TPSA) is 71.7 Å². The number of likely N-dealkylation sites (tertiary alicyclic amines) is 1. The number of hydrogen-bond donors (Lipinski definition) is 0. The van der Waals surface area contributed by atoms with Gasteiger partial charge in [0.05, 0.1) is 13.2 Å². The van der Waals surface area contributed by atoms with E-state index >= 15 is 0 Å². The largest absolute Gasteiger partial charge is 0.379 e. The van der Waals surface area contributed by atoms with Crippen LogP contribution in [0, 0.1) is 5.92 Å². The van der Waals surface area contributed by atoms with E-state index in [4.69, 9.17) is 9.26 Å². The molecule has 0 unspecified atom stereocenters. The van der Waals surface area contributed by atoms with Crippen molar-refractivity contribution in [1.82, 2.24) is 19.9 Å². The monoisotopic (exact) mass is 348 g/mol.